The summed E-state index contributed by atoms with van der Waals surface area (Å²) in [5.74, 6) is 0.352. The number of pyridine rings is 1. The van der Waals surface area contributed by atoms with E-state index in [1.807, 2.05) is 42.5 Å². The Morgan fingerprint density at radius 3 is 2.64 bits per heavy atom. The lowest BCUT2D eigenvalue weighted by atomic mass is 10.2. The third-order valence-electron chi connectivity index (χ3n) is 3.21. The van der Waals surface area contributed by atoms with E-state index in [-0.39, 0.29) is 11.8 Å². The highest BCUT2D eigenvalue weighted by Crippen LogP contribution is 2.19. The molecule has 0 bridgehead atoms. The van der Waals surface area contributed by atoms with Crippen LogP contribution in [0.5, 0.6) is 0 Å². The van der Waals surface area contributed by atoms with Crippen LogP contribution in [0, 0.1) is 0 Å². The van der Waals surface area contributed by atoms with Gasteiger partial charge in [-0.25, -0.2) is 4.98 Å². The van der Waals surface area contributed by atoms with Crippen LogP contribution in [0.1, 0.15) is 16.2 Å². The molecule has 0 fully saturated rings. The van der Waals surface area contributed by atoms with E-state index in [1.165, 1.54) is 0 Å². The fraction of sp³-hybridized carbons (Fsp3) is 0.118. The van der Waals surface area contributed by atoms with Crippen LogP contribution in [0.25, 0.3) is 11.3 Å². The molecule has 0 unspecified atom stereocenters. The molecule has 5 heteroatoms. The highest BCUT2D eigenvalue weighted by Gasteiger charge is 2.13. The van der Waals surface area contributed by atoms with Crippen LogP contribution < -0.4 is 5.32 Å². The van der Waals surface area contributed by atoms with Crippen molar-refractivity contribution in [2.24, 2.45) is 0 Å². The van der Waals surface area contributed by atoms with Gasteiger partial charge in [0, 0.05) is 24.5 Å². The minimum absolute atomic E-state index is 0.0774. The number of benzene rings is 1. The number of nitrogens with one attached hydrogen (secondary N) is 1. The molecule has 0 aliphatic heterocycles. The number of oxazole rings is 1. The van der Waals surface area contributed by atoms with E-state index in [2.05, 4.69) is 15.3 Å². The lowest BCUT2D eigenvalue weighted by Crippen LogP contribution is -2.25. The fourth-order valence-corrected chi connectivity index (χ4v) is 2.06. The lowest BCUT2D eigenvalue weighted by molar-refractivity contribution is 0.0920. The van der Waals surface area contributed by atoms with Crippen LogP contribution in [0.2, 0.25) is 0 Å². The Kier molecular flexibility index (Phi) is 4.25. The summed E-state index contributed by atoms with van der Waals surface area (Å²) >= 11 is 0. The molecule has 22 heavy (non-hydrogen) atoms. The number of carbonyl (C=O) groups is 1. The van der Waals surface area contributed by atoms with E-state index in [1.54, 1.807) is 18.6 Å². The molecule has 5 nitrogen and oxygen atoms in total. The number of nitrogens with zero attached hydrogens (tertiary/aromatic N) is 2. The van der Waals surface area contributed by atoms with Crippen molar-refractivity contribution in [3.63, 3.8) is 0 Å². The quantitative estimate of drug-likeness (QED) is 0.785. The molecule has 0 aliphatic rings. The van der Waals surface area contributed by atoms with E-state index in [0.717, 1.165) is 17.5 Å². The molecule has 0 aliphatic carbocycles. The SMILES string of the molecule is O=C(NCCc1ccncc1)c1ncc(-c2ccccc2)o1. The summed E-state index contributed by atoms with van der Waals surface area (Å²) in [6.07, 6.45) is 5.77. The highest BCUT2D eigenvalue weighted by atomic mass is 16.4. The molecule has 1 aromatic carbocycles. The van der Waals surface area contributed by atoms with Crippen molar-refractivity contribution in [3.8, 4) is 11.3 Å². The molecule has 0 atom stereocenters. The summed E-state index contributed by atoms with van der Waals surface area (Å²) in [7, 11) is 0. The summed E-state index contributed by atoms with van der Waals surface area (Å²) < 4.78 is 5.50. The van der Waals surface area contributed by atoms with Crippen LogP contribution in [-0.4, -0.2) is 22.4 Å². The first-order chi connectivity index (χ1) is 10.8. The van der Waals surface area contributed by atoms with Crippen molar-refractivity contribution in [1.29, 1.82) is 0 Å². The molecule has 1 amide bonds. The molecular formula is C17H15N3O2. The van der Waals surface area contributed by atoms with Gasteiger partial charge < -0.3 is 9.73 Å². The van der Waals surface area contributed by atoms with Crippen LogP contribution in [0.15, 0.2) is 65.5 Å². The molecule has 3 rings (SSSR count). The van der Waals surface area contributed by atoms with Crippen LogP contribution in [-0.2, 0) is 6.42 Å². The maximum absolute atomic E-state index is 12.0. The van der Waals surface area contributed by atoms with Crippen molar-refractivity contribution in [3.05, 3.63) is 72.5 Å². The summed E-state index contributed by atoms with van der Waals surface area (Å²) in [6, 6.07) is 13.4. The predicted octanol–water partition coefficient (Wildman–Crippen LogP) is 2.71. The normalized spacial score (nSPS) is 10.4. The average Bonchev–Trinajstić information content (AvgIpc) is 3.07. The van der Waals surface area contributed by atoms with Gasteiger partial charge in [0.25, 0.3) is 5.89 Å². The molecule has 2 aromatic heterocycles. The number of hydrogen-bond donors (Lipinski definition) is 1. The Hall–Kier alpha value is -2.95. The van der Waals surface area contributed by atoms with Crippen molar-refractivity contribution in [2.45, 2.75) is 6.42 Å². The first-order valence-electron chi connectivity index (χ1n) is 7.01. The molecule has 1 N–H and O–H groups in total. The van der Waals surface area contributed by atoms with E-state index in [0.29, 0.717) is 12.3 Å². The van der Waals surface area contributed by atoms with Gasteiger partial charge in [0.1, 0.15) is 0 Å². The van der Waals surface area contributed by atoms with E-state index in [4.69, 9.17) is 4.42 Å². The molecule has 2 heterocycles. The van der Waals surface area contributed by atoms with E-state index >= 15 is 0 Å². The maximum Gasteiger partial charge on any atom is 0.307 e. The Bertz CT molecular complexity index is 739. The van der Waals surface area contributed by atoms with Crippen molar-refractivity contribution in [2.75, 3.05) is 6.54 Å². The number of hydrogen-bond acceptors (Lipinski definition) is 4. The summed E-state index contributed by atoms with van der Waals surface area (Å²) in [6.45, 7) is 0.520. The second kappa shape index (κ2) is 6.67. The van der Waals surface area contributed by atoms with Gasteiger partial charge in [-0.2, -0.15) is 0 Å². The Balaban J connectivity index is 1.58. The molecule has 0 radical (unpaired) electrons. The average molecular weight is 293 g/mol. The summed E-state index contributed by atoms with van der Waals surface area (Å²) in [4.78, 5) is 20.0. The summed E-state index contributed by atoms with van der Waals surface area (Å²) in [5, 5.41) is 2.80. The fourth-order valence-electron chi connectivity index (χ4n) is 2.06. The minimum atomic E-state index is -0.309. The first-order valence-corrected chi connectivity index (χ1v) is 7.01. The van der Waals surface area contributed by atoms with Crippen LogP contribution >= 0.6 is 0 Å². The van der Waals surface area contributed by atoms with E-state index < -0.39 is 0 Å². The minimum Gasteiger partial charge on any atom is -0.432 e. The van der Waals surface area contributed by atoms with Crippen molar-refractivity contribution >= 4 is 5.91 Å². The molecule has 0 spiro atoms. The highest BCUT2D eigenvalue weighted by molar-refractivity contribution is 5.89. The number of aromatic nitrogens is 2. The monoisotopic (exact) mass is 293 g/mol. The van der Waals surface area contributed by atoms with Gasteiger partial charge in [0.15, 0.2) is 5.76 Å². The van der Waals surface area contributed by atoms with Gasteiger partial charge in [0.05, 0.1) is 6.20 Å². The molecule has 110 valence electrons. The van der Waals surface area contributed by atoms with Crippen LogP contribution in [0.4, 0.5) is 0 Å². The predicted molar refractivity (Wildman–Crippen MR) is 82.2 cm³/mol. The van der Waals surface area contributed by atoms with Gasteiger partial charge in [-0.3, -0.25) is 9.78 Å². The third-order valence-corrected chi connectivity index (χ3v) is 3.21. The zero-order valence-electron chi connectivity index (χ0n) is 11.9. The molecule has 0 saturated heterocycles. The molecule has 3 aromatic rings. The maximum atomic E-state index is 12.0. The van der Waals surface area contributed by atoms with Gasteiger partial charge in [-0.05, 0) is 24.1 Å². The molecular weight excluding hydrogens is 278 g/mol. The topological polar surface area (TPSA) is 68.0 Å². The lowest BCUT2D eigenvalue weighted by Gasteiger charge is -2.02. The molecule has 0 saturated carbocycles. The van der Waals surface area contributed by atoms with Gasteiger partial charge in [0.2, 0.25) is 0 Å². The van der Waals surface area contributed by atoms with Crippen molar-refractivity contribution < 1.29 is 9.21 Å². The summed E-state index contributed by atoms with van der Waals surface area (Å²) in [5.41, 5.74) is 2.01. The zero-order chi connectivity index (χ0) is 15.2. The third kappa shape index (κ3) is 3.38. The van der Waals surface area contributed by atoms with Crippen molar-refractivity contribution in [1.82, 2.24) is 15.3 Å². The van der Waals surface area contributed by atoms with Crippen LogP contribution in [0.3, 0.4) is 0 Å². The van der Waals surface area contributed by atoms with Gasteiger partial charge in [-0.1, -0.05) is 30.3 Å². The van der Waals surface area contributed by atoms with Gasteiger partial charge in [-0.15, -0.1) is 0 Å². The van der Waals surface area contributed by atoms with Gasteiger partial charge >= 0.3 is 5.91 Å². The number of amides is 1. The Morgan fingerprint density at radius 1 is 1.09 bits per heavy atom. The first kappa shape index (κ1) is 14.0. The number of carbonyl (C=O) groups excluding carboxylic acids is 1. The largest absolute Gasteiger partial charge is 0.432 e. The second-order valence-electron chi connectivity index (χ2n) is 4.76. The standard InChI is InChI=1S/C17H15N3O2/c21-16(19-11-8-13-6-9-18-10-7-13)17-20-12-15(22-17)14-4-2-1-3-5-14/h1-7,9-10,12H,8,11H2,(H,19,21). The number of rotatable bonds is 5. The second-order valence-corrected chi connectivity index (χ2v) is 4.76. The zero-order valence-corrected chi connectivity index (χ0v) is 11.9. The Morgan fingerprint density at radius 2 is 1.86 bits per heavy atom. The van der Waals surface area contributed by atoms with E-state index in [9.17, 15) is 4.79 Å². The Labute approximate surface area is 128 Å². The smallest absolute Gasteiger partial charge is 0.307 e.